The Bertz CT molecular complexity index is 512. The highest BCUT2D eigenvalue weighted by molar-refractivity contribution is 6.32. The van der Waals surface area contributed by atoms with Crippen molar-refractivity contribution in [1.29, 1.82) is 0 Å². The number of hydrogen-bond acceptors (Lipinski definition) is 3. The van der Waals surface area contributed by atoms with Gasteiger partial charge in [-0.1, -0.05) is 16.8 Å². The van der Waals surface area contributed by atoms with E-state index in [1.165, 1.54) is 29.1 Å². The van der Waals surface area contributed by atoms with Crippen molar-refractivity contribution in [3.05, 3.63) is 40.9 Å². The van der Waals surface area contributed by atoms with Gasteiger partial charge in [-0.25, -0.2) is 9.07 Å². The molecule has 0 radical (unpaired) electrons. The molecule has 0 spiro atoms. The van der Waals surface area contributed by atoms with Gasteiger partial charge in [0.1, 0.15) is 11.5 Å². The van der Waals surface area contributed by atoms with Gasteiger partial charge in [-0.05, 0) is 18.2 Å². The van der Waals surface area contributed by atoms with Gasteiger partial charge >= 0.3 is 0 Å². The van der Waals surface area contributed by atoms with Crippen molar-refractivity contribution < 1.29 is 9.18 Å². The second-order valence-electron chi connectivity index (χ2n) is 2.80. The van der Waals surface area contributed by atoms with Crippen molar-refractivity contribution >= 4 is 17.9 Å². The highest BCUT2D eigenvalue weighted by Gasteiger charge is 2.06. The molecule has 0 aliphatic rings. The molecule has 0 saturated heterocycles. The third-order valence-electron chi connectivity index (χ3n) is 1.79. The van der Waals surface area contributed by atoms with Crippen molar-refractivity contribution in [1.82, 2.24) is 15.0 Å². The van der Waals surface area contributed by atoms with E-state index in [0.717, 1.165) is 0 Å². The van der Waals surface area contributed by atoms with E-state index >= 15 is 0 Å². The van der Waals surface area contributed by atoms with E-state index in [2.05, 4.69) is 10.3 Å². The number of aromatic nitrogens is 3. The van der Waals surface area contributed by atoms with Crippen LogP contribution in [0.25, 0.3) is 5.69 Å². The lowest BCUT2D eigenvalue weighted by atomic mass is 10.3. The molecule has 2 rings (SSSR count). The molecule has 1 aromatic heterocycles. The second kappa shape index (κ2) is 3.78. The van der Waals surface area contributed by atoms with E-state index in [0.29, 0.717) is 12.0 Å². The molecule has 15 heavy (non-hydrogen) atoms. The summed E-state index contributed by atoms with van der Waals surface area (Å²) in [4.78, 5) is 10.4. The standard InChI is InChI=1S/C9H5ClFN3O/c10-8-3-6(11)1-2-9(8)14-4-7(5-15)12-13-14/h1-5H. The molecule has 0 aliphatic heterocycles. The third kappa shape index (κ3) is 1.87. The molecular formula is C9H5ClFN3O. The summed E-state index contributed by atoms with van der Waals surface area (Å²) in [7, 11) is 0. The summed E-state index contributed by atoms with van der Waals surface area (Å²) in [6, 6.07) is 3.88. The van der Waals surface area contributed by atoms with Crippen LogP contribution in [0.3, 0.4) is 0 Å². The quantitative estimate of drug-likeness (QED) is 0.733. The molecular weight excluding hydrogens is 221 g/mol. The van der Waals surface area contributed by atoms with Gasteiger partial charge in [0.25, 0.3) is 0 Å². The van der Waals surface area contributed by atoms with Gasteiger partial charge in [0.15, 0.2) is 6.29 Å². The molecule has 0 bridgehead atoms. The Morgan fingerprint density at radius 3 is 2.87 bits per heavy atom. The Kier molecular flexibility index (Phi) is 2.47. The monoisotopic (exact) mass is 225 g/mol. The fourth-order valence-electron chi connectivity index (χ4n) is 1.12. The molecule has 6 heteroatoms. The summed E-state index contributed by atoms with van der Waals surface area (Å²) < 4.78 is 14.1. The zero-order chi connectivity index (χ0) is 10.8. The van der Waals surface area contributed by atoms with Crippen LogP contribution in [0.1, 0.15) is 10.5 Å². The predicted molar refractivity (Wildman–Crippen MR) is 51.7 cm³/mol. The molecule has 0 unspecified atom stereocenters. The number of carbonyl (C=O) groups excluding carboxylic acids is 1. The Labute approximate surface area is 89.3 Å². The fraction of sp³-hybridized carbons (Fsp3) is 0. The van der Waals surface area contributed by atoms with Gasteiger partial charge in [-0.15, -0.1) is 5.10 Å². The maximum Gasteiger partial charge on any atom is 0.171 e. The fourth-order valence-corrected chi connectivity index (χ4v) is 1.37. The normalized spacial score (nSPS) is 10.3. The first kappa shape index (κ1) is 9.79. The van der Waals surface area contributed by atoms with E-state index in [4.69, 9.17) is 11.6 Å². The van der Waals surface area contributed by atoms with Gasteiger partial charge in [-0.2, -0.15) is 0 Å². The SMILES string of the molecule is O=Cc1cn(-c2ccc(F)cc2Cl)nn1. The summed E-state index contributed by atoms with van der Waals surface area (Å²) in [6.07, 6.45) is 1.98. The zero-order valence-electron chi connectivity index (χ0n) is 7.39. The van der Waals surface area contributed by atoms with Crippen LogP contribution in [0, 0.1) is 5.82 Å². The molecule has 0 saturated carbocycles. The minimum atomic E-state index is -0.431. The lowest BCUT2D eigenvalue weighted by Crippen LogP contribution is -1.96. The average Bonchev–Trinajstić information content (AvgIpc) is 2.66. The first-order valence-corrected chi connectivity index (χ1v) is 4.41. The second-order valence-corrected chi connectivity index (χ2v) is 3.21. The van der Waals surface area contributed by atoms with Crippen LogP contribution in [-0.2, 0) is 0 Å². The lowest BCUT2D eigenvalue weighted by molar-refractivity contribution is 0.111. The topological polar surface area (TPSA) is 47.8 Å². The Balaban J connectivity index is 2.49. The van der Waals surface area contributed by atoms with Gasteiger partial charge in [-0.3, -0.25) is 4.79 Å². The van der Waals surface area contributed by atoms with Crippen molar-refractivity contribution in [2.45, 2.75) is 0 Å². The summed E-state index contributed by atoms with van der Waals surface area (Å²) >= 11 is 5.80. The zero-order valence-corrected chi connectivity index (χ0v) is 8.15. The first-order chi connectivity index (χ1) is 7.20. The van der Waals surface area contributed by atoms with Crippen molar-refractivity contribution in [3.63, 3.8) is 0 Å². The number of hydrogen-bond donors (Lipinski definition) is 0. The lowest BCUT2D eigenvalue weighted by Gasteiger charge is -2.01. The highest BCUT2D eigenvalue weighted by Crippen LogP contribution is 2.20. The molecule has 76 valence electrons. The average molecular weight is 226 g/mol. The number of benzene rings is 1. The van der Waals surface area contributed by atoms with E-state index in [1.54, 1.807) is 0 Å². The number of carbonyl (C=O) groups is 1. The van der Waals surface area contributed by atoms with E-state index < -0.39 is 5.82 Å². The Hall–Kier alpha value is -1.75. The van der Waals surface area contributed by atoms with Crippen molar-refractivity contribution in [2.24, 2.45) is 0 Å². The molecule has 0 amide bonds. The van der Waals surface area contributed by atoms with Crippen molar-refractivity contribution in [3.8, 4) is 5.69 Å². The van der Waals surface area contributed by atoms with Crippen LogP contribution in [0.2, 0.25) is 5.02 Å². The molecule has 2 aromatic rings. The molecule has 4 nitrogen and oxygen atoms in total. The van der Waals surface area contributed by atoms with Gasteiger partial charge in [0, 0.05) is 0 Å². The van der Waals surface area contributed by atoms with E-state index in [-0.39, 0.29) is 10.7 Å². The largest absolute Gasteiger partial charge is 0.296 e. The maximum atomic E-state index is 12.7. The number of aldehydes is 1. The molecule has 0 atom stereocenters. The summed E-state index contributed by atoms with van der Waals surface area (Å²) in [5.74, 6) is -0.431. The number of rotatable bonds is 2. The van der Waals surface area contributed by atoms with Crippen LogP contribution >= 0.6 is 11.6 Å². The Morgan fingerprint density at radius 2 is 2.27 bits per heavy atom. The third-order valence-corrected chi connectivity index (χ3v) is 2.09. The maximum absolute atomic E-state index is 12.7. The van der Waals surface area contributed by atoms with E-state index in [1.807, 2.05) is 0 Å². The number of nitrogens with zero attached hydrogens (tertiary/aromatic N) is 3. The first-order valence-electron chi connectivity index (χ1n) is 4.03. The van der Waals surface area contributed by atoms with Crippen LogP contribution in [0.5, 0.6) is 0 Å². The van der Waals surface area contributed by atoms with Crippen LogP contribution < -0.4 is 0 Å². The van der Waals surface area contributed by atoms with Crippen LogP contribution in [-0.4, -0.2) is 21.3 Å². The summed E-state index contributed by atoms with van der Waals surface area (Å²) in [5, 5.41) is 7.45. The van der Waals surface area contributed by atoms with Crippen LogP contribution in [0.4, 0.5) is 4.39 Å². The summed E-state index contributed by atoms with van der Waals surface area (Å²) in [5.41, 5.74) is 0.661. The molecule has 0 N–H and O–H groups in total. The summed E-state index contributed by atoms with van der Waals surface area (Å²) in [6.45, 7) is 0. The molecule has 1 heterocycles. The minimum absolute atomic E-state index is 0.190. The number of halogens is 2. The van der Waals surface area contributed by atoms with Crippen LogP contribution in [0.15, 0.2) is 24.4 Å². The van der Waals surface area contributed by atoms with Crippen molar-refractivity contribution in [2.75, 3.05) is 0 Å². The smallest absolute Gasteiger partial charge is 0.171 e. The molecule has 1 aromatic carbocycles. The van der Waals surface area contributed by atoms with Gasteiger partial charge < -0.3 is 0 Å². The molecule has 0 aliphatic carbocycles. The van der Waals surface area contributed by atoms with Gasteiger partial charge in [0.2, 0.25) is 0 Å². The highest BCUT2D eigenvalue weighted by atomic mass is 35.5. The predicted octanol–water partition coefficient (Wildman–Crippen LogP) is 1.87. The van der Waals surface area contributed by atoms with E-state index in [9.17, 15) is 9.18 Å². The minimum Gasteiger partial charge on any atom is -0.296 e. The molecule has 0 fully saturated rings. The van der Waals surface area contributed by atoms with Gasteiger partial charge in [0.05, 0.1) is 16.9 Å². The Morgan fingerprint density at radius 1 is 1.47 bits per heavy atom.